The first kappa shape index (κ1) is 30.4. The number of alkyl halides is 3. The van der Waals surface area contributed by atoms with Crippen LogP contribution < -0.4 is 9.62 Å². The molecule has 7 nitrogen and oxygen atoms in total. The molecule has 0 radical (unpaired) electrons. The molecule has 0 aliphatic heterocycles. The number of anilines is 1. The number of nitrogens with one attached hydrogen (secondary N) is 1. The van der Waals surface area contributed by atoms with E-state index in [1.165, 1.54) is 11.0 Å². The molecule has 0 aromatic heterocycles. The topological polar surface area (TPSA) is 86.8 Å². The third kappa shape index (κ3) is 9.23. The van der Waals surface area contributed by atoms with E-state index >= 15 is 0 Å². The fourth-order valence-corrected chi connectivity index (χ4v) is 4.69. The van der Waals surface area contributed by atoms with Crippen LogP contribution in [0.4, 0.5) is 18.9 Å². The van der Waals surface area contributed by atoms with E-state index in [2.05, 4.69) is 5.32 Å². The van der Waals surface area contributed by atoms with Crippen molar-refractivity contribution in [3.8, 4) is 0 Å². The number of halogens is 4. The molecule has 0 heterocycles. The van der Waals surface area contributed by atoms with Crippen LogP contribution in [0.2, 0.25) is 5.02 Å². The second-order valence-corrected chi connectivity index (χ2v) is 10.9. The van der Waals surface area contributed by atoms with Crippen molar-refractivity contribution in [1.82, 2.24) is 10.2 Å². The van der Waals surface area contributed by atoms with Crippen molar-refractivity contribution in [3.05, 3.63) is 64.7 Å². The number of benzene rings is 2. The Morgan fingerprint density at radius 2 is 1.76 bits per heavy atom. The van der Waals surface area contributed by atoms with Crippen LogP contribution in [0, 0.1) is 0 Å². The zero-order valence-corrected chi connectivity index (χ0v) is 22.5. The summed E-state index contributed by atoms with van der Waals surface area (Å²) in [6, 6.07) is 10.0. The van der Waals surface area contributed by atoms with Crippen molar-refractivity contribution in [2.24, 2.45) is 0 Å². The number of carbonyl (C=O) groups is 2. The van der Waals surface area contributed by atoms with E-state index in [0.29, 0.717) is 11.6 Å². The van der Waals surface area contributed by atoms with Crippen LogP contribution >= 0.6 is 11.6 Å². The largest absolute Gasteiger partial charge is 0.416 e. The highest BCUT2D eigenvalue weighted by Crippen LogP contribution is 2.32. The number of rotatable bonds is 12. The summed E-state index contributed by atoms with van der Waals surface area (Å²) < 4.78 is 65.0. The molecule has 2 aromatic carbocycles. The van der Waals surface area contributed by atoms with Crippen molar-refractivity contribution < 1.29 is 31.2 Å². The standard InChI is InChI=1S/C25H31ClF3N3O4S/c1-4-14-30-24(34)18(2)31(17-19-10-12-21(26)13-11-19)23(33)9-6-15-32(37(3,35)36)22-8-5-7-20(16-22)25(27,28)29/h5,7-8,10-13,16,18H,4,6,9,14-15,17H2,1-3H3,(H,30,34)/t18-/m1/s1. The van der Waals surface area contributed by atoms with Crippen LogP contribution in [0.5, 0.6) is 0 Å². The average Bonchev–Trinajstić information content (AvgIpc) is 2.83. The predicted octanol–water partition coefficient (Wildman–Crippen LogP) is 4.85. The molecule has 0 unspecified atom stereocenters. The number of amides is 2. The lowest BCUT2D eigenvalue weighted by atomic mass is 10.1. The summed E-state index contributed by atoms with van der Waals surface area (Å²) in [4.78, 5) is 27.2. The van der Waals surface area contributed by atoms with E-state index < -0.39 is 33.7 Å². The Kier molecular flexibility index (Phi) is 10.8. The molecule has 2 amide bonds. The van der Waals surface area contributed by atoms with Gasteiger partial charge in [-0.2, -0.15) is 13.2 Å². The minimum atomic E-state index is -4.63. The summed E-state index contributed by atoms with van der Waals surface area (Å²) in [5.74, 6) is -0.725. The Morgan fingerprint density at radius 3 is 2.32 bits per heavy atom. The van der Waals surface area contributed by atoms with Crippen molar-refractivity contribution in [2.75, 3.05) is 23.7 Å². The van der Waals surface area contributed by atoms with Crippen LogP contribution in [-0.4, -0.2) is 50.5 Å². The Hall–Kier alpha value is -2.79. The molecular formula is C25H31ClF3N3O4S. The zero-order valence-electron chi connectivity index (χ0n) is 20.9. The van der Waals surface area contributed by atoms with Gasteiger partial charge in [-0.1, -0.05) is 36.7 Å². The number of carbonyl (C=O) groups excluding carboxylic acids is 2. The van der Waals surface area contributed by atoms with E-state index in [1.54, 1.807) is 31.2 Å². The third-order valence-electron chi connectivity index (χ3n) is 5.60. The van der Waals surface area contributed by atoms with E-state index in [4.69, 9.17) is 11.6 Å². The van der Waals surface area contributed by atoms with Gasteiger partial charge in [-0.3, -0.25) is 13.9 Å². The predicted molar refractivity (Wildman–Crippen MR) is 138 cm³/mol. The second-order valence-electron chi connectivity index (χ2n) is 8.60. The molecule has 12 heteroatoms. The highest BCUT2D eigenvalue weighted by molar-refractivity contribution is 7.92. The normalized spacial score (nSPS) is 12.6. The molecule has 2 aromatic rings. The van der Waals surface area contributed by atoms with Gasteiger partial charge in [0.2, 0.25) is 21.8 Å². The quantitative estimate of drug-likeness (QED) is 0.401. The molecule has 0 saturated heterocycles. The van der Waals surface area contributed by atoms with Crippen molar-refractivity contribution in [3.63, 3.8) is 0 Å². The fraction of sp³-hybridized carbons (Fsp3) is 0.440. The van der Waals surface area contributed by atoms with Gasteiger partial charge in [0.15, 0.2) is 0 Å². The number of hydrogen-bond acceptors (Lipinski definition) is 4. The van der Waals surface area contributed by atoms with Crippen LogP contribution in [0.25, 0.3) is 0 Å². The minimum Gasteiger partial charge on any atom is -0.354 e. The molecule has 0 saturated carbocycles. The van der Waals surface area contributed by atoms with Crippen LogP contribution in [0.3, 0.4) is 0 Å². The van der Waals surface area contributed by atoms with Crippen LogP contribution in [0.1, 0.15) is 44.2 Å². The van der Waals surface area contributed by atoms with Crippen molar-refractivity contribution >= 4 is 39.1 Å². The van der Waals surface area contributed by atoms with Crippen LogP contribution in [-0.2, 0) is 32.3 Å². The van der Waals surface area contributed by atoms with Gasteiger partial charge in [0.25, 0.3) is 0 Å². The molecule has 0 bridgehead atoms. The fourth-order valence-electron chi connectivity index (χ4n) is 3.61. The van der Waals surface area contributed by atoms with Gasteiger partial charge in [-0.05, 0) is 55.7 Å². The van der Waals surface area contributed by atoms with Gasteiger partial charge in [-0.15, -0.1) is 0 Å². The van der Waals surface area contributed by atoms with E-state index in [0.717, 1.165) is 40.7 Å². The minimum absolute atomic E-state index is 0.0303. The van der Waals surface area contributed by atoms with Gasteiger partial charge in [-0.25, -0.2) is 8.42 Å². The maximum atomic E-state index is 13.2. The maximum absolute atomic E-state index is 13.2. The first-order valence-electron chi connectivity index (χ1n) is 11.7. The molecule has 0 aliphatic rings. The van der Waals surface area contributed by atoms with Crippen molar-refractivity contribution in [1.29, 1.82) is 0 Å². The molecule has 1 atom stereocenters. The van der Waals surface area contributed by atoms with Gasteiger partial charge in [0.1, 0.15) is 6.04 Å². The van der Waals surface area contributed by atoms with E-state index in [9.17, 15) is 31.2 Å². The van der Waals surface area contributed by atoms with E-state index in [-0.39, 0.29) is 37.5 Å². The lowest BCUT2D eigenvalue weighted by Gasteiger charge is -2.29. The monoisotopic (exact) mass is 561 g/mol. The van der Waals surface area contributed by atoms with Gasteiger partial charge in [0, 0.05) is 31.1 Å². The Morgan fingerprint density at radius 1 is 1.11 bits per heavy atom. The van der Waals surface area contributed by atoms with E-state index in [1.807, 2.05) is 6.92 Å². The SMILES string of the molecule is CCCNC(=O)[C@@H](C)N(Cc1ccc(Cl)cc1)C(=O)CCCN(c1cccc(C(F)(F)F)c1)S(C)(=O)=O. The Bertz CT molecular complexity index is 1170. The summed E-state index contributed by atoms with van der Waals surface area (Å²) in [5, 5.41) is 3.28. The molecule has 1 N–H and O–H groups in total. The van der Waals surface area contributed by atoms with Crippen LogP contribution in [0.15, 0.2) is 48.5 Å². The lowest BCUT2D eigenvalue weighted by molar-refractivity contribution is -0.140. The summed E-state index contributed by atoms with van der Waals surface area (Å²) in [6.07, 6.45) is -3.11. The summed E-state index contributed by atoms with van der Waals surface area (Å²) >= 11 is 5.94. The average molecular weight is 562 g/mol. The maximum Gasteiger partial charge on any atom is 0.416 e. The Labute approximate surface area is 220 Å². The number of hydrogen-bond donors (Lipinski definition) is 1. The third-order valence-corrected chi connectivity index (χ3v) is 7.04. The molecule has 2 rings (SSSR count). The first-order chi connectivity index (χ1) is 17.2. The molecule has 0 spiro atoms. The molecule has 0 fully saturated rings. The van der Waals surface area contributed by atoms with Gasteiger partial charge >= 0.3 is 6.18 Å². The van der Waals surface area contributed by atoms with Gasteiger partial charge in [0.05, 0.1) is 17.5 Å². The summed E-state index contributed by atoms with van der Waals surface area (Å²) in [6.45, 7) is 3.87. The highest BCUT2D eigenvalue weighted by Gasteiger charge is 2.32. The first-order valence-corrected chi connectivity index (χ1v) is 13.9. The molecule has 0 aliphatic carbocycles. The van der Waals surface area contributed by atoms with Gasteiger partial charge < -0.3 is 10.2 Å². The molecule has 37 heavy (non-hydrogen) atoms. The second kappa shape index (κ2) is 13.1. The number of nitrogens with zero attached hydrogens (tertiary/aromatic N) is 2. The number of sulfonamides is 1. The molecule has 204 valence electrons. The summed E-state index contributed by atoms with van der Waals surface area (Å²) in [7, 11) is -3.93. The van der Waals surface area contributed by atoms with Crippen molar-refractivity contribution in [2.45, 2.75) is 51.9 Å². The molecular weight excluding hydrogens is 531 g/mol. The Balaban J connectivity index is 2.19. The zero-order chi connectivity index (χ0) is 27.8. The smallest absolute Gasteiger partial charge is 0.354 e. The summed E-state index contributed by atoms with van der Waals surface area (Å²) in [5.41, 5.74) is -0.375. The highest BCUT2D eigenvalue weighted by atomic mass is 35.5. The lowest BCUT2D eigenvalue weighted by Crippen LogP contribution is -2.47.